The van der Waals surface area contributed by atoms with E-state index in [0.717, 1.165) is 6.42 Å². The third-order valence-electron chi connectivity index (χ3n) is 4.78. The van der Waals surface area contributed by atoms with Gasteiger partial charge < -0.3 is 15.5 Å². The molecule has 1 fully saturated rings. The molecule has 1 aromatic rings. The molecule has 2 rings (SSSR count). The predicted molar refractivity (Wildman–Crippen MR) is 98.6 cm³/mol. The molecule has 0 saturated carbocycles. The number of hydrogen-bond acceptors (Lipinski definition) is 3. The molecule has 1 aliphatic rings. The van der Waals surface area contributed by atoms with Crippen molar-refractivity contribution in [3.63, 3.8) is 0 Å². The second-order valence-electron chi connectivity index (χ2n) is 7.01. The van der Waals surface area contributed by atoms with Crippen LogP contribution in [0.3, 0.4) is 0 Å². The van der Waals surface area contributed by atoms with Crippen LogP contribution in [0.5, 0.6) is 0 Å². The van der Waals surface area contributed by atoms with Crippen LogP contribution in [0.15, 0.2) is 24.3 Å². The monoisotopic (exact) mass is 353 g/mol. The van der Waals surface area contributed by atoms with Crippen molar-refractivity contribution in [1.82, 2.24) is 9.80 Å². The number of hydrogen-bond donors (Lipinski definition) is 1. The Morgan fingerprint density at radius 1 is 1.33 bits per heavy atom. The average Bonchev–Trinajstić information content (AvgIpc) is 2.55. The highest BCUT2D eigenvalue weighted by atomic mass is 35.5. The van der Waals surface area contributed by atoms with Crippen molar-refractivity contribution >= 4 is 24.2 Å². The zero-order chi connectivity index (χ0) is 17.2. The maximum absolute atomic E-state index is 12.8. The van der Waals surface area contributed by atoms with Crippen molar-refractivity contribution in [2.75, 3.05) is 26.7 Å². The summed E-state index contributed by atoms with van der Waals surface area (Å²) in [5.74, 6) is -0.0954. The number of nitrogens with two attached hydrogens (primary N) is 1. The van der Waals surface area contributed by atoms with E-state index in [-0.39, 0.29) is 35.7 Å². The topological polar surface area (TPSA) is 66.6 Å². The van der Waals surface area contributed by atoms with Gasteiger partial charge in [-0.25, -0.2) is 0 Å². The number of halogens is 1. The number of rotatable bonds is 3. The molecule has 0 radical (unpaired) electrons. The lowest BCUT2D eigenvalue weighted by Crippen LogP contribution is -2.54. The van der Waals surface area contributed by atoms with Crippen LogP contribution in [0, 0.1) is 5.41 Å². The summed E-state index contributed by atoms with van der Waals surface area (Å²) in [6, 6.07) is 7.09. The SMILES string of the molecule is CCN(C)C(=O)c1cccc(C(=O)N2CCC(N)C(C)(C)C2)c1.Cl. The van der Waals surface area contributed by atoms with Gasteiger partial charge in [-0.05, 0) is 37.0 Å². The smallest absolute Gasteiger partial charge is 0.253 e. The highest BCUT2D eigenvalue weighted by molar-refractivity contribution is 5.99. The molecule has 1 heterocycles. The molecule has 1 aliphatic heterocycles. The molecule has 2 amide bonds. The Bertz CT molecular complexity index is 604. The number of nitrogens with zero attached hydrogens (tertiary/aromatic N) is 2. The number of carbonyl (C=O) groups excluding carboxylic acids is 2. The lowest BCUT2D eigenvalue weighted by Gasteiger charge is -2.42. The molecule has 5 nitrogen and oxygen atoms in total. The maximum atomic E-state index is 12.8. The number of benzene rings is 1. The first-order valence-corrected chi connectivity index (χ1v) is 8.16. The first-order valence-electron chi connectivity index (χ1n) is 8.16. The van der Waals surface area contributed by atoms with Gasteiger partial charge in [0.25, 0.3) is 11.8 Å². The number of amides is 2. The van der Waals surface area contributed by atoms with E-state index in [0.29, 0.717) is 30.8 Å². The molecule has 24 heavy (non-hydrogen) atoms. The molecule has 0 aliphatic carbocycles. The predicted octanol–water partition coefficient (Wildman–Crippen LogP) is 2.40. The van der Waals surface area contributed by atoms with Crippen molar-refractivity contribution < 1.29 is 9.59 Å². The van der Waals surface area contributed by atoms with Crippen molar-refractivity contribution in [2.24, 2.45) is 11.1 Å². The van der Waals surface area contributed by atoms with E-state index < -0.39 is 0 Å². The van der Waals surface area contributed by atoms with E-state index in [1.54, 1.807) is 36.2 Å². The summed E-state index contributed by atoms with van der Waals surface area (Å²) >= 11 is 0. The summed E-state index contributed by atoms with van der Waals surface area (Å²) in [6.45, 7) is 8.04. The molecule has 0 spiro atoms. The Kier molecular flexibility index (Phi) is 6.81. The largest absolute Gasteiger partial charge is 0.342 e. The Morgan fingerprint density at radius 3 is 2.54 bits per heavy atom. The molecule has 134 valence electrons. The molecule has 1 aromatic carbocycles. The highest BCUT2D eigenvalue weighted by Crippen LogP contribution is 2.28. The zero-order valence-corrected chi connectivity index (χ0v) is 15.7. The van der Waals surface area contributed by atoms with Crippen LogP contribution in [0.1, 0.15) is 47.9 Å². The maximum Gasteiger partial charge on any atom is 0.253 e. The van der Waals surface area contributed by atoms with E-state index >= 15 is 0 Å². The molecular weight excluding hydrogens is 326 g/mol. The van der Waals surface area contributed by atoms with Gasteiger partial charge in [0.1, 0.15) is 0 Å². The van der Waals surface area contributed by atoms with Gasteiger partial charge in [0.05, 0.1) is 0 Å². The summed E-state index contributed by atoms with van der Waals surface area (Å²) < 4.78 is 0. The van der Waals surface area contributed by atoms with E-state index in [2.05, 4.69) is 13.8 Å². The quantitative estimate of drug-likeness (QED) is 0.907. The van der Waals surface area contributed by atoms with Gasteiger partial charge in [-0.2, -0.15) is 0 Å². The lowest BCUT2D eigenvalue weighted by molar-refractivity contribution is 0.0533. The van der Waals surface area contributed by atoms with Crippen LogP contribution in [-0.4, -0.2) is 54.3 Å². The first-order chi connectivity index (χ1) is 10.8. The highest BCUT2D eigenvalue weighted by Gasteiger charge is 2.35. The molecule has 1 saturated heterocycles. The van der Waals surface area contributed by atoms with E-state index in [1.165, 1.54) is 0 Å². The minimum atomic E-state index is -0.0935. The first kappa shape index (κ1) is 20.5. The Balaban J connectivity index is 0.00000288. The van der Waals surface area contributed by atoms with Gasteiger partial charge in [-0.3, -0.25) is 9.59 Å². The molecule has 1 unspecified atom stereocenters. The summed E-state index contributed by atoms with van der Waals surface area (Å²) in [4.78, 5) is 28.5. The van der Waals surface area contributed by atoms with Gasteiger partial charge >= 0.3 is 0 Å². The fourth-order valence-electron chi connectivity index (χ4n) is 2.88. The summed E-state index contributed by atoms with van der Waals surface area (Å²) in [7, 11) is 1.76. The molecule has 0 bridgehead atoms. The minimum Gasteiger partial charge on any atom is -0.342 e. The van der Waals surface area contributed by atoms with Crippen LogP contribution in [0.2, 0.25) is 0 Å². The molecule has 2 N–H and O–H groups in total. The average molecular weight is 354 g/mol. The van der Waals surface area contributed by atoms with Crippen LogP contribution in [0.4, 0.5) is 0 Å². The third kappa shape index (κ3) is 4.28. The van der Waals surface area contributed by atoms with Crippen molar-refractivity contribution in [2.45, 2.75) is 33.2 Å². The second kappa shape index (κ2) is 7.99. The third-order valence-corrected chi connectivity index (χ3v) is 4.78. The zero-order valence-electron chi connectivity index (χ0n) is 14.9. The van der Waals surface area contributed by atoms with Gasteiger partial charge in [-0.15, -0.1) is 12.4 Å². The standard InChI is InChI=1S/C18H27N3O2.ClH/c1-5-20(4)16(22)13-7-6-8-14(11-13)17(23)21-10-9-15(19)18(2,3)12-21;/h6-8,11,15H,5,9-10,12,19H2,1-4H3;1H. The Labute approximate surface area is 150 Å². The molecular formula is C18H28ClN3O2. The van der Waals surface area contributed by atoms with Crippen LogP contribution >= 0.6 is 12.4 Å². The lowest BCUT2D eigenvalue weighted by atomic mass is 9.79. The summed E-state index contributed by atoms with van der Waals surface area (Å²) in [5, 5.41) is 0. The van der Waals surface area contributed by atoms with Crippen LogP contribution in [0.25, 0.3) is 0 Å². The molecule has 0 aromatic heterocycles. The Morgan fingerprint density at radius 2 is 1.96 bits per heavy atom. The van der Waals surface area contributed by atoms with Gasteiger partial charge in [0.15, 0.2) is 0 Å². The second-order valence-corrected chi connectivity index (χ2v) is 7.01. The molecule has 6 heteroatoms. The summed E-state index contributed by atoms with van der Waals surface area (Å²) in [6.07, 6.45) is 0.802. The van der Waals surface area contributed by atoms with Crippen LogP contribution in [-0.2, 0) is 0 Å². The number of carbonyl (C=O) groups is 2. The molecule has 1 atom stereocenters. The fourth-order valence-corrected chi connectivity index (χ4v) is 2.88. The van der Waals surface area contributed by atoms with E-state index in [9.17, 15) is 9.59 Å². The number of piperidine rings is 1. The van der Waals surface area contributed by atoms with E-state index in [1.807, 2.05) is 11.8 Å². The summed E-state index contributed by atoms with van der Waals surface area (Å²) in [5.41, 5.74) is 7.16. The number of likely N-dealkylation sites (tertiary alicyclic amines) is 1. The van der Waals surface area contributed by atoms with E-state index in [4.69, 9.17) is 5.73 Å². The normalized spacial score (nSPS) is 19.4. The van der Waals surface area contributed by atoms with Crippen molar-refractivity contribution in [3.8, 4) is 0 Å². The van der Waals surface area contributed by atoms with Crippen LogP contribution < -0.4 is 5.73 Å². The van der Waals surface area contributed by atoms with Crippen molar-refractivity contribution in [3.05, 3.63) is 35.4 Å². The minimum absolute atomic E-state index is 0. The van der Waals surface area contributed by atoms with Gasteiger partial charge in [0, 0.05) is 43.9 Å². The van der Waals surface area contributed by atoms with Gasteiger partial charge in [0.2, 0.25) is 0 Å². The van der Waals surface area contributed by atoms with Gasteiger partial charge in [-0.1, -0.05) is 19.9 Å². The fraction of sp³-hybridized carbons (Fsp3) is 0.556. The Hall–Kier alpha value is -1.59. The van der Waals surface area contributed by atoms with Crippen molar-refractivity contribution in [1.29, 1.82) is 0 Å².